The van der Waals surface area contributed by atoms with Gasteiger partial charge >= 0.3 is 17.9 Å². The van der Waals surface area contributed by atoms with Gasteiger partial charge in [0.2, 0.25) is 0 Å². The zero-order valence-corrected chi connectivity index (χ0v) is 12.9. The highest BCUT2D eigenvalue weighted by molar-refractivity contribution is 5.88. The molecule has 1 unspecified atom stereocenters. The summed E-state index contributed by atoms with van der Waals surface area (Å²) in [4.78, 5) is 34.7. The number of carbonyl (C=O) groups excluding carboxylic acids is 3. The van der Waals surface area contributed by atoms with Crippen molar-refractivity contribution in [3.05, 3.63) is 12.2 Å². The largest absolute Gasteiger partial charge is 0.458 e. The maximum absolute atomic E-state index is 12.0. The maximum Gasteiger partial charge on any atom is 0.344 e. The average molecular weight is 310 g/mol. The molecule has 2 fully saturated rings. The van der Waals surface area contributed by atoms with Gasteiger partial charge in [-0.15, -0.1) is 0 Å². The molecule has 0 amide bonds. The van der Waals surface area contributed by atoms with Crippen molar-refractivity contribution in [2.45, 2.75) is 63.6 Å². The Labute approximate surface area is 129 Å². The summed E-state index contributed by atoms with van der Waals surface area (Å²) in [6.07, 6.45) is 4.80. The molecule has 1 heterocycles. The lowest BCUT2D eigenvalue weighted by molar-refractivity contribution is -0.190. The monoisotopic (exact) mass is 310 g/mol. The second-order valence-electron chi connectivity index (χ2n) is 5.97. The van der Waals surface area contributed by atoms with Crippen LogP contribution in [0.25, 0.3) is 0 Å². The van der Waals surface area contributed by atoms with Gasteiger partial charge in [0.25, 0.3) is 0 Å². The molecule has 2 rings (SSSR count). The van der Waals surface area contributed by atoms with Crippen molar-refractivity contribution in [3.63, 3.8) is 0 Å². The second kappa shape index (κ2) is 6.94. The SMILES string of the molecule is C=C(C)C(=O)OCC(=O)OC1(C2CCC(=O)O2)CCCCC1. The van der Waals surface area contributed by atoms with E-state index in [1.165, 1.54) is 6.92 Å². The molecule has 0 radical (unpaired) electrons. The van der Waals surface area contributed by atoms with E-state index in [9.17, 15) is 14.4 Å². The van der Waals surface area contributed by atoms with Gasteiger partial charge in [-0.1, -0.05) is 13.0 Å². The van der Waals surface area contributed by atoms with Crippen LogP contribution in [-0.2, 0) is 28.6 Å². The second-order valence-corrected chi connectivity index (χ2v) is 5.97. The number of cyclic esters (lactones) is 1. The first-order valence-electron chi connectivity index (χ1n) is 7.67. The van der Waals surface area contributed by atoms with Crippen molar-refractivity contribution in [2.75, 3.05) is 6.61 Å². The van der Waals surface area contributed by atoms with E-state index in [0.717, 1.165) is 19.3 Å². The molecule has 2 aliphatic rings. The normalized spacial score (nSPS) is 23.5. The number of esters is 3. The minimum absolute atomic E-state index is 0.227. The van der Waals surface area contributed by atoms with Gasteiger partial charge in [0.15, 0.2) is 6.61 Å². The molecule has 0 aromatic carbocycles. The van der Waals surface area contributed by atoms with E-state index >= 15 is 0 Å². The fourth-order valence-electron chi connectivity index (χ4n) is 3.04. The van der Waals surface area contributed by atoms with Crippen LogP contribution in [0.2, 0.25) is 0 Å². The molecular formula is C16H22O6. The third-order valence-corrected chi connectivity index (χ3v) is 4.16. The van der Waals surface area contributed by atoms with Crippen LogP contribution in [0.3, 0.4) is 0 Å². The summed E-state index contributed by atoms with van der Waals surface area (Å²) >= 11 is 0. The number of carbonyl (C=O) groups is 3. The van der Waals surface area contributed by atoms with Gasteiger partial charge in [-0.25, -0.2) is 9.59 Å². The average Bonchev–Trinajstić information content (AvgIpc) is 2.93. The van der Waals surface area contributed by atoms with Crippen LogP contribution in [0.4, 0.5) is 0 Å². The molecule has 122 valence electrons. The first-order valence-corrected chi connectivity index (χ1v) is 7.67. The summed E-state index contributed by atoms with van der Waals surface area (Å²) in [6, 6.07) is 0. The van der Waals surface area contributed by atoms with Crippen LogP contribution >= 0.6 is 0 Å². The first-order chi connectivity index (χ1) is 10.4. The molecule has 22 heavy (non-hydrogen) atoms. The molecular weight excluding hydrogens is 288 g/mol. The number of hydrogen-bond acceptors (Lipinski definition) is 6. The lowest BCUT2D eigenvalue weighted by Crippen LogP contribution is -2.48. The zero-order valence-electron chi connectivity index (χ0n) is 12.9. The molecule has 1 aliphatic carbocycles. The Bertz CT molecular complexity index is 475. The predicted molar refractivity (Wildman–Crippen MR) is 76.8 cm³/mol. The quantitative estimate of drug-likeness (QED) is 0.439. The van der Waals surface area contributed by atoms with Crippen molar-refractivity contribution < 1.29 is 28.6 Å². The smallest absolute Gasteiger partial charge is 0.344 e. The van der Waals surface area contributed by atoms with E-state index < -0.39 is 24.1 Å². The number of hydrogen-bond donors (Lipinski definition) is 0. The van der Waals surface area contributed by atoms with E-state index in [0.29, 0.717) is 25.7 Å². The van der Waals surface area contributed by atoms with Gasteiger partial charge in [0, 0.05) is 12.0 Å². The maximum atomic E-state index is 12.0. The van der Waals surface area contributed by atoms with Crippen molar-refractivity contribution in [3.8, 4) is 0 Å². The van der Waals surface area contributed by atoms with Crippen LogP contribution in [0.5, 0.6) is 0 Å². The Hall–Kier alpha value is -1.85. The van der Waals surface area contributed by atoms with Gasteiger partial charge in [-0.3, -0.25) is 4.79 Å². The summed E-state index contributed by atoms with van der Waals surface area (Å²) in [5.41, 5.74) is -0.540. The highest BCUT2D eigenvalue weighted by atomic mass is 16.6. The van der Waals surface area contributed by atoms with Gasteiger partial charge in [0.05, 0.1) is 0 Å². The van der Waals surface area contributed by atoms with Crippen molar-refractivity contribution >= 4 is 17.9 Å². The Balaban J connectivity index is 1.97. The summed E-state index contributed by atoms with van der Waals surface area (Å²) in [7, 11) is 0. The molecule has 1 atom stereocenters. The Morgan fingerprint density at radius 2 is 2.00 bits per heavy atom. The van der Waals surface area contributed by atoms with E-state index in [2.05, 4.69) is 6.58 Å². The minimum Gasteiger partial charge on any atom is -0.458 e. The third kappa shape index (κ3) is 3.87. The highest BCUT2D eigenvalue weighted by Crippen LogP contribution is 2.40. The molecule has 0 bridgehead atoms. The summed E-state index contributed by atoms with van der Waals surface area (Å²) in [5.74, 6) is -1.49. The lowest BCUT2D eigenvalue weighted by atomic mass is 9.79. The molecule has 1 aliphatic heterocycles. The van der Waals surface area contributed by atoms with Gasteiger partial charge in [-0.05, 0) is 39.0 Å². The molecule has 0 aromatic heterocycles. The van der Waals surface area contributed by atoms with Crippen molar-refractivity contribution in [1.82, 2.24) is 0 Å². The summed E-state index contributed by atoms with van der Waals surface area (Å²) < 4.78 is 15.8. The molecule has 0 aromatic rings. The van der Waals surface area contributed by atoms with Gasteiger partial charge in [-0.2, -0.15) is 0 Å². The topological polar surface area (TPSA) is 78.9 Å². The third-order valence-electron chi connectivity index (χ3n) is 4.16. The Morgan fingerprint density at radius 3 is 2.55 bits per heavy atom. The zero-order chi connectivity index (χ0) is 16.2. The molecule has 0 N–H and O–H groups in total. The molecule has 6 heteroatoms. The fourth-order valence-corrected chi connectivity index (χ4v) is 3.04. The number of rotatable bonds is 5. The molecule has 1 saturated carbocycles. The van der Waals surface area contributed by atoms with Crippen LogP contribution in [0.15, 0.2) is 12.2 Å². The molecule has 0 spiro atoms. The predicted octanol–water partition coefficient (Wildman–Crippen LogP) is 2.06. The van der Waals surface area contributed by atoms with Crippen LogP contribution in [-0.4, -0.2) is 36.2 Å². The lowest BCUT2D eigenvalue weighted by Gasteiger charge is -2.40. The standard InChI is InChI=1S/C16H22O6/c1-11(2)15(19)20-10-14(18)22-16(8-4-3-5-9-16)12-6-7-13(17)21-12/h12H,1,3-10H2,2H3. The van der Waals surface area contributed by atoms with Crippen molar-refractivity contribution in [1.29, 1.82) is 0 Å². The fraction of sp³-hybridized carbons (Fsp3) is 0.688. The van der Waals surface area contributed by atoms with Crippen LogP contribution in [0, 0.1) is 0 Å². The first kappa shape index (κ1) is 16.5. The molecule has 1 saturated heterocycles. The van der Waals surface area contributed by atoms with Crippen molar-refractivity contribution in [2.24, 2.45) is 0 Å². The van der Waals surface area contributed by atoms with E-state index in [1.54, 1.807) is 0 Å². The Morgan fingerprint density at radius 1 is 1.32 bits per heavy atom. The van der Waals surface area contributed by atoms with Gasteiger partial charge in [0.1, 0.15) is 11.7 Å². The van der Waals surface area contributed by atoms with Gasteiger partial charge < -0.3 is 14.2 Å². The minimum atomic E-state index is -0.767. The molecule has 6 nitrogen and oxygen atoms in total. The summed E-state index contributed by atoms with van der Waals surface area (Å²) in [5, 5.41) is 0. The van der Waals surface area contributed by atoms with Crippen LogP contribution in [0.1, 0.15) is 51.9 Å². The number of ether oxygens (including phenoxy) is 3. The highest BCUT2D eigenvalue weighted by Gasteiger charge is 2.48. The van der Waals surface area contributed by atoms with E-state index in [-0.39, 0.29) is 17.6 Å². The van der Waals surface area contributed by atoms with E-state index in [4.69, 9.17) is 14.2 Å². The Kier molecular flexibility index (Phi) is 5.21. The van der Waals surface area contributed by atoms with Crippen LogP contribution < -0.4 is 0 Å². The van der Waals surface area contributed by atoms with E-state index in [1.807, 2.05) is 0 Å². The summed E-state index contributed by atoms with van der Waals surface area (Å²) in [6.45, 7) is 4.51.